The average Bonchev–Trinajstić information content (AvgIpc) is 2.93. The summed E-state index contributed by atoms with van der Waals surface area (Å²) in [6.07, 6.45) is 2.07. The van der Waals surface area contributed by atoms with Crippen molar-refractivity contribution in [1.82, 2.24) is 14.1 Å². The van der Waals surface area contributed by atoms with Gasteiger partial charge in [-0.2, -0.15) is 9.40 Å². The maximum atomic E-state index is 13.1. The number of benzene rings is 1. The van der Waals surface area contributed by atoms with Crippen molar-refractivity contribution in [2.45, 2.75) is 38.1 Å². The van der Waals surface area contributed by atoms with Crippen LogP contribution in [-0.2, 0) is 10.0 Å². The molecule has 1 aromatic carbocycles. The van der Waals surface area contributed by atoms with Crippen LogP contribution in [0.4, 0.5) is 0 Å². The summed E-state index contributed by atoms with van der Waals surface area (Å²) in [5.41, 5.74) is 7.22. The van der Waals surface area contributed by atoms with Crippen LogP contribution in [0, 0.1) is 12.3 Å². The number of nitrogens with two attached hydrogens (primary N) is 1. The first-order valence-electron chi connectivity index (χ1n) is 8.19. The van der Waals surface area contributed by atoms with Crippen molar-refractivity contribution in [2.24, 2.45) is 11.1 Å². The van der Waals surface area contributed by atoms with Crippen molar-refractivity contribution in [1.29, 1.82) is 0 Å². The molecule has 0 bridgehead atoms. The van der Waals surface area contributed by atoms with Crippen LogP contribution in [0.25, 0.3) is 5.69 Å². The van der Waals surface area contributed by atoms with E-state index in [-0.39, 0.29) is 16.4 Å². The summed E-state index contributed by atoms with van der Waals surface area (Å²) in [4.78, 5) is 0.230. The van der Waals surface area contributed by atoms with Gasteiger partial charge in [0.1, 0.15) is 4.90 Å². The van der Waals surface area contributed by atoms with Crippen molar-refractivity contribution in [3.8, 4) is 5.69 Å². The molecule has 6 nitrogen and oxygen atoms in total. The Bertz CT molecular complexity index is 875. The monoisotopic (exact) mass is 382 g/mol. The molecule has 3 rings (SSSR count). The van der Waals surface area contributed by atoms with Crippen LogP contribution in [0.1, 0.15) is 26.0 Å². The molecular formula is C17H23ClN4O2S. The molecule has 136 valence electrons. The Kier molecular flexibility index (Phi) is 4.70. The summed E-state index contributed by atoms with van der Waals surface area (Å²) in [6, 6.07) is 7.11. The predicted molar refractivity (Wildman–Crippen MR) is 98.4 cm³/mol. The van der Waals surface area contributed by atoms with Crippen molar-refractivity contribution in [3.05, 3.63) is 41.2 Å². The van der Waals surface area contributed by atoms with Crippen LogP contribution >= 0.6 is 11.6 Å². The van der Waals surface area contributed by atoms with Gasteiger partial charge in [0.15, 0.2) is 0 Å². The fourth-order valence-corrected chi connectivity index (χ4v) is 5.05. The van der Waals surface area contributed by atoms with Gasteiger partial charge in [0.25, 0.3) is 0 Å². The molecule has 0 radical (unpaired) electrons. The van der Waals surface area contributed by atoms with E-state index < -0.39 is 10.0 Å². The third-order valence-electron chi connectivity index (χ3n) is 4.93. The molecule has 8 heteroatoms. The number of aromatic nitrogens is 2. The quantitative estimate of drug-likeness (QED) is 0.884. The van der Waals surface area contributed by atoms with Crippen molar-refractivity contribution in [2.75, 3.05) is 13.1 Å². The Labute approximate surface area is 153 Å². The highest BCUT2D eigenvalue weighted by Gasteiger charge is 2.39. The molecule has 1 aliphatic heterocycles. The van der Waals surface area contributed by atoms with E-state index in [0.29, 0.717) is 30.2 Å². The fourth-order valence-electron chi connectivity index (χ4n) is 3.16. The molecule has 25 heavy (non-hydrogen) atoms. The maximum absolute atomic E-state index is 13.1. The van der Waals surface area contributed by atoms with Gasteiger partial charge in [-0.3, -0.25) is 0 Å². The first kappa shape index (κ1) is 18.4. The summed E-state index contributed by atoms with van der Waals surface area (Å²) < 4.78 is 29.4. The lowest BCUT2D eigenvalue weighted by molar-refractivity contribution is 0.155. The molecule has 1 unspecified atom stereocenters. The van der Waals surface area contributed by atoms with Gasteiger partial charge in [-0.05, 0) is 43.0 Å². The third-order valence-corrected chi connectivity index (χ3v) is 7.13. The zero-order valence-electron chi connectivity index (χ0n) is 14.6. The molecule has 1 aliphatic rings. The minimum atomic E-state index is -3.61. The van der Waals surface area contributed by atoms with Gasteiger partial charge in [-0.15, -0.1) is 0 Å². The van der Waals surface area contributed by atoms with E-state index in [1.54, 1.807) is 23.7 Å². The van der Waals surface area contributed by atoms with Crippen LogP contribution in [0.3, 0.4) is 0 Å². The molecule has 0 amide bonds. The van der Waals surface area contributed by atoms with Crippen LogP contribution in [0.2, 0.25) is 5.02 Å². The van der Waals surface area contributed by atoms with Gasteiger partial charge >= 0.3 is 0 Å². The number of rotatable bonds is 3. The van der Waals surface area contributed by atoms with Gasteiger partial charge in [-0.1, -0.05) is 25.4 Å². The van der Waals surface area contributed by atoms with Gasteiger partial charge < -0.3 is 5.73 Å². The predicted octanol–water partition coefficient (Wildman–Crippen LogP) is 2.58. The van der Waals surface area contributed by atoms with E-state index in [4.69, 9.17) is 17.3 Å². The number of halogens is 1. The number of sulfonamides is 1. The van der Waals surface area contributed by atoms with E-state index in [2.05, 4.69) is 5.10 Å². The molecular weight excluding hydrogens is 360 g/mol. The second-order valence-corrected chi connectivity index (χ2v) is 9.55. The summed E-state index contributed by atoms with van der Waals surface area (Å²) in [5.74, 6) is 0. The molecule has 1 saturated heterocycles. The molecule has 1 atom stereocenters. The average molecular weight is 383 g/mol. The SMILES string of the molecule is Cc1c(S(=O)(=O)N2CCC(N)C(C)(C)C2)cnn1-c1ccc(Cl)cc1. The summed E-state index contributed by atoms with van der Waals surface area (Å²) in [6.45, 7) is 6.60. The van der Waals surface area contributed by atoms with E-state index >= 15 is 0 Å². The molecule has 1 aromatic heterocycles. The molecule has 0 spiro atoms. The normalized spacial score (nSPS) is 21.4. The third kappa shape index (κ3) is 3.33. The summed E-state index contributed by atoms with van der Waals surface area (Å²) in [5, 5.41) is 4.89. The van der Waals surface area contributed by atoms with Crippen LogP contribution in [0.5, 0.6) is 0 Å². The molecule has 2 heterocycles. The zero-order valence-corrected chi connectivity index (χ0v) is 16.2. The van der Waals surface area contributed by atoms with Gasteiger partial charge in [-0.25, -0.2) is 13.1 Å². The Hall–Kier alpha value is -1.41. The Morgan fingerprint density at radius 2 is 1.92 bits per heavy atom. The zero-order chi connectivity index (χ0) is 18.4. The van der Waals surface area contributed by atoms with E-state index in [1.807, 2.05) is 26.0 Å². The molecule has 0 saturated carbocycles. The highest BCUT2D eigenvalue weighted by atomic mass is 35.5. The number of hydrogen-bond donors (Lipinski definition) is 1. The first-order valence-corrected chi connectivity index (χ1v) is 10.0. The highest BCUT2D eigenvalue weighted by molar-refractivity contribution is 7.89. The topological polar surface area (TPSA) is 81.2 Å². The van der Waals surface area contributed by atoms with Crippen molar-refractivity contribution < 1.29 is 8.42 Å². The van der Waals surface area contributed by atoms with E-state index in [1.165, 1.54) is 10.5 Å². The lowest BCUT2D eigenvalue weighted by atomic mass is 9.81. The second kappa shape index (κ2) is 6.39. The minimum absolute atomic E-state index is 0.00293. The smallest absolute Gasteiger partial charge is 0.246 e. The molecule has 0 aliphatic carbocycles. The molecule has 2 N–H and O–H groups in total. The first-order chi connectivity index (χ1) is 11.6. The fraction of sp³-hybridized carbons (Fsp3) is 0.471. The number of nitrogens with zero attached hydrogens (tertiary/aromatic N) is 3. The Morgan fingerprint density at radius 3 is 2.52 bits per heavy atom. The van der Waals surface area contributed by atoms with Gasteiger partial charge in [0.05, 0.1) is 17.6 Å². The summed E-state index contributed by atoms with van der Waals surface area (Å²) >= 11 is 5.91. The van der Waals surface area contributed by atoms with Crippen LogP contribution in [-0.4, -0.2) is 41.6 Å². The van der Waals surface area contributed by atoms with Gasteiger partial charge in [0.2, 0.25) is 10.0 Å². The lowest BCUT2D eigenvalue weighted by Crippen LogP contribution is -2.53. The lowest BCUT2D eigenvalue weighted by Gasteiger charge is -2.41. The largest absolute Gasteiger partial charge is 0.327 e. The highest BCUT2D eigenvalue weighted by Crippen LogP contribution is 2.32. The van der Waals surface area contributed by atoms with Gasteiger partial charge in [0, 0.05) is 24.2 Å². The van der Waals surface area contributed by atoms with E-state index in [0.717, 1.165) is 5.69 Å². The molecule has 1 fully saturated rings. The Morgan fingerprint density at radius 1 is 1.28 bits per heavy atom. The van der Waals surface area contributed by atoms with Crippen LogP contribution in [0.15, 0.2) is 35.4 Å². The standard InChI is InChI=1S/C17H23ClN4O2S/c1-12-15(10-20-22(12)14-6-4-13(18)5-7-14)25(23,24)21-9-8-16(19)17(2,3)11-21/h4-7,10,16H,8-9,11,19H2,1-3H3. The minimum Gasteiger partial charge on any atom is -0.327 e. The number of piperidine rings is 1. The Balaban J connectivity index is 1.95. The number of hydrogen-bond acceptors (Lipinski definition) is 4. The second-order valence-electron chi connectivity index (χ2n) is 7.20. The van der Waals surface area contributed by atoms with Crippen molar-refractivity contribution in [3.63, 3.8) is 0 Å². The maximum Gasteiger partial charge on any atom is 0.246 e. The van der Waals surface area contributed by atoms with E-state index in [9.17, 15) is 8.42 Å². The molecule has 2 aromatic rings. The summed E-state index contributed by atoms with van der Waals surface area (Å²) in [7, 11) is -3.61. The van der Waals surface area contributed by atoms with Crippen molar-refractivity contribution >= 4 is 21.6 Å². The van der Waals surface area contributed by atoms with Crippen LogP contribution < -0.4 is 5.73 Å².